The second kappa shape index (κ2) is 3.96. The van der Waals surface area contributed by atoms with Crippen LogP contribution in [0.1, 0.15) is 0 Å². The molecule has 0 aliphatic rings. The summed E-state index contributed by atoms with van der Waals surface area (Å²) < 4.78 is 26.9. The van der Waals surface area contributed by atoms with Crippen LogP contribution in [0.4, 0.5) is 0 Å². The third-order valence-corrected chi connectivity index (χ3v) is 3.44. The standard InChI is InChI=1S/C7H6BrClO4S/c1-13-6-3-4(14(9,11)12)2-5(8)7(6)10/h2-3,10H,1H3. The number of methoxy groups -OCH3 is 1. The van der Waals surface area contributed by atoms with Crippen molar-refractivity contribution in [3.05, 3.63) is 16.6 Å². The molecule has 1 aromatic carbocycles. The molecule has 0 radical (unpaired) electrons. The van der Waals surface area contributed by atoms with Crippen LogP contribution in [-0.4, -0.2) is 20.6 Å². The van der Waals surface area contributed by atoms with E-state index in [0.717, 1.165) is 6.07 Å². The smallest absolute Gasteiger partial charge is 0.261 e. The summed E-state index contributed by atoms with van der Waals surface area (Å²) in [5.41, 5.74) is 0. The van der Waals surface area contributed by atoms with E-state index in [1.807, 2.05) is 0 Å². The fraction of sp³-hybridized carbons (Fsp3) is 0.143. The largest absolute Gasteiger partial charge is 0.503 e. The number of hydrogen-bond donors (Lipinski definition) is 1. The van der Waals surface area contributed by atoms with Gasteiger partial charge in [-0.2, -0.15) is 0 Å². The maximum atomic E-state index is 11.0. The summed E-state index contributed by atoms with van der Waals surface area (Å²) >= 11 is 2.98. The van der Waals surface area contributed by atoms with E-state index in [2.05, 4.69) is 15.9 Å². The second-order valence-corrected chi connectivity index (χ2v) is 5.81. The number of phenolic OH excluding ortho intramolecular Hbond substituents is 1. The Labute approximate surface area is 94.0 Å². The maximum absolute atomic E-state index is 11.0. The first-order chi connectivity index (χ1) is 6.36. The second-order valence-electron chi connectivity index (χ2n) is 2.39. The third kappa shape index (κ3) is 2.31. The van der Waals surface area contributed by atoms with Crippen LogP contribution in [0.15, 0.2) is 21.5 Å². The zero-order chi connectivity index (χ0) is 10.9. The number of phenols is 1. The summed E-state index contributed by atoms with van der Waals surface area (Å²) in [4.78, 5) is -0.138. The van der Waals surface area contributed by atoms with Crippen LogP contribution in [0.5, 0.6) is 11.5 Å². The van der Waals surface area contributed by atoms with Gasteiger partial charge >= 0.3 is 0 Å². The van der Waals surface area contributed by atoms with Gasteiger partial charge < -0.3 is 9.84 Å². The molecule has 0 saturated heterocycles. The topological polar surface area (TPSA) is 63.6 Å². The van der Waals surface area contributed by atoms with Crippen LogP contribution in [0.2, 0.25) is 0 Å². The van der Waals surface area contributed by atoms with Crippen LogP contribution in [0, 0.1) is 0 Å². The molecule has 0 atom stereocenters. The molecule has 14 heavy (non-hydrogen) atoms. The maximum Gasteiger partial charge on any atom is 0.261 e. The molecule has 0 aliphatic heterocycles. The van der Waals surface area contributed by atoms with Gasteiger partial charge in [-0.1, -0.05) is 0 Å². The number of benzene rings is 1. The first-order valence-corrected chi connectivity index (χ1v) is 6.47. The highest BCUT2D eigenvalue weighted by molar-refractivity contribution is 9.10. The van der Waals surface area contributed by atoms with Crippen molar-refractivity contribution >= 4 is 35.7 Å². The van der Waals surface area contributed by atoms with Gasteiger partial charge in [0.15, 0.2) is 11.5 Å². The van der Waals surface area contributed by atoms with Gasteiger partial charge in [0.1, 0.15) is 0 Å². The first kappa shape index (κ1) is 11.6. The van der Waals surface area contributed by atoms with Gasteiger partial charge in [-0.25, -0.2) is 8.42 Å². The molecule has 0 amide bonds. The summed E-state index contributed by atoms with van der Waals surface area (Å²) in [6.45, 7) is 0. The number of rotatable bonds is 2. The first-order valence-electron chi connectivity index (χ1n) is 3.37. The molecule has 0 unspecified atom stereocenters. The molecule has 0 bridgehead atoms. The quantitative estimate of drug-likeness (QED) is 0.850. The van der Waals surface area contributed by atoms with E-state index in [0.29, 0.717) is 0 Å². The van der Waals surface area contributed by atoms with Crippen molar-refractivity contribution in [2.24, 2.45) is 0 Å². The van der Waals surface area contributed by atoms with E-state index >= 15 is 0 Å². The fourth-order valence-corrected chi connectivity index (χ4v) is 2.21. The van der Waals surface area contributed by atoms with Crippen molar-refractivity contribution in [2.75, 3.05) is 7.11 Å². The highest BCUT2D eigenvalue weighted by atomic mass is 79.9. The van der Waals surface area contributed by atoms with Crippen LogP contribution in [0.3, 0.4) is 0 Å². The van der Waals surface area contributed by atoms with Crippen molar-refractivity contribution in [3.63, 3.8) is 0 Å². The van der Waals surface area contributed by atoms with Crippen molar-refractivity contribution < 1.29 is 18.3 Å². The summed E-state index contributed by atoms with van der Waals surface area (Å²) in [7, 11) is 2.61. The summed E-state index contributed by atoms with van der Waals surface area (Å²) in [5.74, 6) is -0.129. The number of hydrogen-bond acceptors (Lipinski definition) is 4. The lowest BCUT2D eigenvalue weighted by atomic mass is 10.3. The van der Waals surface area contributed by atoms with E-state index < -0.39 is 9.05 Å². The number of halogens is 2. The van der Waals surface area contributed by atoms with Crippen LogP contribution >= 0.6 is 26.6 Å². The van der Waals surface area contributed by atoms with Gasteiger partial charge in [-0.15, -0.1) is 0 Å². The van der Waals surface area contributed by atoms with Crippen LogP contribution in [0.25, 0.3) is 0 Å². The predicted octanol–water partition coefficient (Wildman–Crippen LogP) is 2.09. The fourth-order valence-electron chi connectivity index (χ4n) is 0.847. The van der Waals surface area contributed by atoms with E-state index in [1.165, 1.54) is 13.2 Å². The molecule has 1 aromatic rings. The van der Waals surface area contributed by atoms with E-state index in [-0.39, 0.29) is 20.9 Å². The van der Waals surface area contributed by atoms with Gasteiger partial charge in [-0.05, 0) is 22.0 Å². The number of aromatic hydroxyl groups is 1. The Morgan fingerprint density at radius 2 is 2.07 bits per heavy atom. The molecule has 0 aliphatic carbocycles. The average Bonchev–Trinajstić information content (AvgIpc) is 2.07. The molecule has 1 N–H and O–H groups in total. The summed E-state index contributed by atoms with van der Waals surface area (Å²) in [6, 6.07) is 2.34. The zero-order valence-corrected chi connectivity index (χ0v) is 10.1. The lowest BCUT2D eigenvalue weighted by molar-refractivity contribution is 0.370. The molecule has 7 heteroatoms. The molecular weight excluding hydrogens is 295 g/mol. The van der Waals surface area contributed by atoms with E-state index in [1.54, 1.807) is 0 Å². The minimum Gasteiger partial charge on any atom is -0.503 e. The monoisotopic (exact) mass is 300 g/mol. The van der Waals surface area contributed by atoms with Crippen LogP contribution < -0.4 is 4.74 Å². The van der Waals surface area contributed by atoms with Crippen LogP contribution in [-0.2, 0) is 9.05 Å². The summed E-state index contributed by atoms with van der Waals surface area (Å²) in [6.07, 6.45) is 0. The van der Waals surface area contributed by atoms with Gasteiger partial charge in [0.25, 0.3) is 9.05 Å². The Morgan fingerprint density at radius 1 is 1.50 bits per heavy atom. The van der Waals surface area contributed by atoms with Crippen molar-refractivity contribution in [1.29, 1.82) is 0 Å². The van der Waals surface area contributed by atoms with E-state index in [9.17, 15) is 13.5 Å². The highest BCUT2D eigenvalue weighted by Crippen LogP contribution is 2.37. The van der Waals surface area contributed by atoms with Crippen molar-refractivity contribution in [1.82, 2.24) is 0 Å². The molecule has 4 nitrogen and oxygen atoms in total. The molecular formula is C7H6BrClO4S. The Kier molecular flexibility index (Phi) is 3.28. The zero-order valence-electron chi connectivity index (χ0n) is 6.99. The number of ether oxygens (including phenoxy) is 1. The van der Waals surface area contributed by atoms with Crippen molar-refractivity contribution in [2.45, 2.75) is 4.90 Å². The van der Waals surface area contributed by atoms with Crippen molar-refractivity contribution in [3.8, 4) is 11.5 Å². The molecule has 0 spiro atoms. The summed E-state index contributed by atoms with van der Waals surface area (Å²) in [5, 5.41) is 9.38. The molecule has 0 aromatic heterocycles. The van der Waals surface area contributed by atoms with Gasteiger partial charge in [0, 0.05) is 16.7 Å². The Bertz CT molecular complexity index is 457. The van der Waals surface area contributed by atoms with E-state index in [4.69, 9.17) is 15.4 Å². The SMILES string of the molecule is COc1cc(S(=O)(=O)Cl)cc(Br)c1O. The van der Waals surface area contributed by atoms with Gasteiger partial charge in [0.05, 0.1) is 16.5 Å². The lowest BCUT2D eigenvalue weighted by Crippen LogP contribution is -1.93. The minimum absolute atomic E-state index is 0.0404. The minimum atomic E-state index is -3.82. The molecule has 0 heterocycles. The molecule has 0 saturated carbocycles. The molecule has 1 rings (SSSR count). The Hall–Kier alpha value is -0.460. The highest BCUT2D eigenvalue weighted by Gasteiger charge is 2.16. The Morgan fingerprint density at radius 3 is 2.50 bits per heavy atom. The Balaban J connectivity index is 3.46. The molecule has 78 valence electrons. The lowest BCUT2D eigenvalue weighted by Gasteiger charge is -2.06. The predicted molar refractivity (Wildman–Crippen MR) is 55.4 cm³/mol. The van der Waals surface area contributed by atoms with Gasteiger partial charge in [0.2, 0.25) is 0 Å². The third-order valence-electron chi connectivity index (χ3n) is 1.50. The normalized spacial score (nSPS) is 11.4. The van der Waals surface area contributed by atoms with Gasteiger partial charge in [-0.3, -0.25) is 0 Å². The molecule has 0 fully saturated rings. The average molecular weight is 302 g/mol.